The fraction of sp³-hybridized carbons (Fsp3) is 0.625. The van der Waals surface area contributed by atoms with E-state index in [1.165, 1.54) is 5.56 Å². The van der Waals surface area contributed by atoms with Crippen LogP contribution in [0.3, 0.4) is 0 Å². The van der Waals surface area contributed by atoms with Crippen molar-refractivity contribution in [2.75, 3.05) is 19.0 Å². The predicted octanol–water partition coefficient (Wildman–Crippen LogP) is 2.57. The second-order valence-corrected chi connectivity index (χ2v) is 7.92. The van der Waals surface area contributed by atoms with Crippen molar-refractivity contribution in [2.45, 2.75) is 39.8 Å². The van der Waals surface area contributed by atoms with Crippen molar-refractivity contribution < 1.29 is 13.2 Å². The molecule has 1 aliphatic rings. The van der Waals surface area contributed by atoms with Crippen molar-refractivity contribution in [2.24, 2.45) is 5.92 Å². The van der Waals surface area contributed by atoms with Crippen LogP contribution in [0.2, 0.25) is 0 Å². The fourth-order valence-electron chi connectivity index (χ4n) is 2.58. The zero-order valence-electron chi connectivity index (χ0n) is 13.1. The number of benzene rings is 1. The summed E-state index contributed by atoms with van der Waals surface area (Å²) < 4.78 is 32.3. The molecular weight excluding hydrogens is 286 g/mol. The van der Waals surface area contributed by atoms with Gasteiger partial charge in [-0.05, 0) is 18.4 Å². The molecule has 1 fully saturated rings. The zero-order valence-corrected chi connectivity index (χ0v) is 13.9. The van der Waals surface area contributed by atoms with Gasteiger partial charge in [-0.3, -0.25) is 0 Å². The molecule has 0 N–H and O–H groups in total. The molecule has 1 aromatic rings. The van der Waals surface area contributed by atoms with Crippen molar-refractivity contribution in [3.8, 4) is 0 Å². The molecule has 0 radical (unpaired) electrons. The Morgan fingerprint density at radius 2 is 2.00 bits per heavy atom. The molecule has 21 heavy (non-hydrogen) atoms. The molecule has 0 saturated carbocycles. The standard InChI is InChI=1S/C16H25NO3S/c1-4-14(3)16-12-20-9-10-21(18,19)17(16)11-15-7-5-13(2)6-8-15/h5-8,14,16H,4,9-12H2,1-3H3/t14?,16-/m1/s1. The van der Waals surface area contributed by atoms with E-state index in [4.69, 9.17) is 4.74 Å². The number of hydrogen-bond acceptors (Lipinski definition) is 3. The summed E-state index contributed by atoms with van der Waals surface area (Å²) in [5.41, 5.74) is 2.21. The van der Waals surface area contributed by atoms with E-state index in [0.717, 1.165) is 12.0 Å². The van der Waals surface area contributed by atoms with Crippen molar-refractivity contribution in [1.29, 1.82) is 0 Å². The summed E-state index contributed by atoms with van der Waals surface area (Å²) in [6, 6.07) is 7.97. The van der Waals surface area contributed by atoms with Crippen LogP contribution >= 0.6 is 0 Å². The van der Waals surface area contributed by atoms with Crippen LogP contribution in [-0.2, 0) is 21.3 Å². The Bertz CT molecular complexity index is 553. The van der Waals surface area contributed by atoms with Gasteiger partial charge in [0.25, 0.3) is 0 Å². The minimum absolute atomic E-state index is 0.0752. The van der Waals surface area contributed by atoms with Gasteiger partial charge in [0.15, 0.2) is 0 Å². The predicted molar refractivity (Wildman–Crippen MR) is 84.6 cm³/mol. The van der Waals surface area contributed by atoms with Crippen LogP contribution in [0.5, 0.6) is 0 Å². The molecule has 2 atom stereocenters. The lowest BCUT2D eigenvalue weighted by Gasteiger charge is -2.32. The molecule has 1 heterocycles. The van der Waals surface area contributed by atoms with Gasteiger partial charge >= 0.3 is 0 Å². The first-order chi connectivity index (χ1) is 9.94. The maximum atomic E-state index is 12.5. The van der Waals surface area contributed by atoms with Gasteiger partial charge in [-0.15, -0.1) is 0 Å². The Balaban J connectivity index is 2.29. The Hall–Kier alpha value is -0.910. The zero-order chi connectivity index (χ0) is 15.5. The van der Waals surface area contributed by atoms with E-state index >= 15 is 0 Å². The van der Waals surface area contributed by atoms with Gasteiger partial charge < -0.3 is 4.74 Å². The fourth-order valence-corrected chi connectivity index (χ4v) is 4.17. The first-order valence-electron chi connectivity index (χ1n) is 7.57. The number of aryl methyl sites for hydroxylation is 1. The largest absolute Gasteiger partial charge is 0.379 e. The lowest BCUT2D eigenvalue weighted by Crippen LogP contribution is -2.44. The molecule has 1 aromatic carbocycles. The molecular formula is C16H25NO3S. The normalized spacial score (nSPS) is 24.4. The van der Waals surface area contributed by atoms with Gasteiger partial charge in [-0.2, -0.15) is 4.31 Å². The molecule has 1 aliphatic heterocycles. The highest BCUT2D eigenvalue weighted by atomic mass is 32.2. The van der Waals surface area contributed by atoms with E-state index in [9.17, 15) is 8.42 Å². The number of sulfonamides is 1. The molecule has 0 bridgehead atoms. The smallest absolute Gasteiger partial charge is 0.217 e. The highest BCUT2D eigenvalue weighted by molar-refractivity contribution is 7.89. The van der Waals surface area contributed by atoms with Crippen molar-refractivity contribution in [1.82, 2.24) is 4.31 Å². The van der Waals surface area contributed by atoms with Gasteiger partial charge in [0, 0.05) is 6.54 Å². The van der Waals surface area contributed by atoms with E-state index < -0.39 is 10.0 Å². The third-order valence-corrected chi connectivity index (χ3v) is 6.06. The third-order valence-electron chi connectivity index (χ3n) is 4.26. The van der Waals surface area contributed by atoms with Crippen LogP contribution in [-0.4, -0.2) is 37.7 Å². The van der Waals surface area contributed by atoms with Gasteiger partial charge in [-0.25, -0.2) is 8.42 Å². The molecule has 0 amide bonds. The summed E-state index contributed by atoms with van der Waals surface area (Å²) in [5.74, 6) is 0.356. The molecule has 0 aliphatic carbocycles. The minimum atomic E-state index is -3.26. The van der Waals surface area contributed by atoms with Crippen LogP contribution < -0.4 is 0 Å². The lowest BCUT2D eigenvalue weighted by molar-refractivity contribution is 0.0854. The van der Waals surface area contributed by atoms with Crippen LogP contribution in [0.1, 0.15) is 31.4 Å². The summed E-state index contributed by atoms with van der Waals surface area (Å²) in [6.45, 7) is 7.42. The summed E-state index contributed by atoms with van der Waals surface area (Å²) in [6.07, 6.45) is 0.938. The van der Waals surface area contributed by atoms with E-state index in [0.29, 0.717) is 19.8 Å². The Morgan fingerprint density at radius 3 is 2.62 bits per heavy atom. The molecule has 5 heteroatoms. The topological polar surface area (TPSA) is 46.6 Å². The Morgan fingerprint density at radius 1 is 1.33 bits per heavy atom. The Kier molecular flexibility index (Phi) is 5.41. The summed E-state index contributed by atoms with van der Waals surface area (Å²) in [7, 11) is -3.26. The van der Waals surface area contributed by atoms with E-state index in [-0.39, 0.29) is 17.7 Å². The second-order valence-electron chi connectivity index (χ2n) is 5.87. The number of hydrogen-bond donors (Lipinski definition) is 0. The van der Waals surface area contributed by atoms with Crippen molar-refractivity contribution >= 4 is 10.0 Å². The maximum absolute atomic E-state index is 12.5. The van der Waals surface area contributed by atoms with Gasteiger partial charge in [0.2, 0.25) is 10.0 Å². The minimum Gasteiger partial charge on any atom is -0.379 e. The molecule has 0 aromatic heterocycles. The average Bonchev–Trinajstić information content (AvgIpc) is 2.60. The molecule has 2 rings (SSSR count). The quantitative estimate of drug-likeness (QED) is 0.858. The number of rotatable bonds is 4. The molecule has 0 spiro atoms. The molecule has 1 unspecified atom stereocenters. The van der Waals surface area contributed by atoms with Crippen LogP contribution in [0.25, 0.3) is 0 Å². The molecule has 4 nitrogen and oxygen atoms in total. The first kappa shape index (κ1) is 16.5. The summed E-state index contributed by atoms with van der Waals surface area (Å²) in [4.78, 5) is 0. The first-order valence-corrected chi connectivity index (χ1v) is 9.17. The van der Waals surface area contributed by atoms with E-state index in [1.54, 1.807) is 4.31 Å². The average molecular weight is 311 g/mol. The second kappa shape index (κ2) is 6.90. The summed E-state index contributed by atoms with van der Waals surface area (Å²) in [5, 5.41) is 0. The third kappa shape index (κ3) is 4.05. The Labute approximate surface area is 128 Å². The van der Waals surface area contributed by atoms with Gasteiger partial charge in [0.05, 0.1) is 25.0 Å². The van der Waals surface area contributed by atoms with Crippen molar-refractivity contribution in [3.63, 3.8) is 0 Å². The van der Waals surface area contributed by atoms with Gasteiger partial charge in [0.1, 0.15) is 0 Å². The highest BCUT2D eigenvalue weighted by Crippen LogP contribution is 2.24. The van der Waals surface area contributed by atoms with Gasteiger partial charge in [-0.1, -0.05) is 50.1 Å². The van der Waals surface area contributed by atoms with E-state index in [1.807, 2.05) is 31.2 Å². The maximum Gasteiger partial charge on any atom is 0.217 e. The van der Waals surface area contributed by atoms with E-state index in [2.05, 4.69) is 13.8 Å². The SMILES string of the molecule is CCC(C)[C@H]1COCCS(=O)(=O)N1Cc1ccc(C)cc1. The lowest BCUT2D eigenvalue weighted by atomic mass is 9.99. The molecule has 118 valence electrons. The van der Waals surface area contributed by atoms with Crippen LogP contribution in [0.15, 0.2) is 24.3 Å². The number of ether oxygens (including phenoxy) is 1. The highest BCUT2D eigenvalue weighted by Gasteiger charge is 2.35. The van der Waals surface area contributed by atoms with Crippen LogP contribution in [0, 0.1) is 12.8 Å². The monoisotopic (exact) mass is 311 g/mol. The molecule has 1 saturated heterocycles. The van der Waals surface area contributed by atoms with Crippen molar-refractivity contribution in [3.05, 3.63) is 35.4 Å². The summed E-state index contributed by atoms with van der Waals surface area (Å²) >= 11 is 0. The number of nitrogens with zero attached hydrogens (tertiary/aromatic N) is 1. The van der Waals surface area contributed by atoms with Crippen LogP contribution in [0.4, 0.5) is 0 Å².